The Morgan fingerprint density at radius 2 is 1.78 bits per heavy atom. The van der Waals surface area contributed by atoms with Gasteiger partial charge in [-0.25, -0.2) is 4.98 Å². The van der Waals surface area contributed by atoms with E-state index in [9.17, 15) is 0 Å². The molecule has 7 heteroatoms. The molecule has 6 nitrogen and oxygen atoms in total. The maximum absolute atomic E-state index is 6.29. The molecule has 0 aliphatic carbocycles. The molecule has 27 heavy (non-hydrogen) atoms. The van der Waals surface area contributed by atoms with Gasteiger partial charge in [0.05, 0.1) is 42.9 Å². The molecule has 2 aromatic heterocycles. The third-order valence-corrected chi connectivity index (χ3v) is 4.80. The number of imidazole rings is 1. The van der Waals surface area contributed by atoms with Crippen molar-refractivity contribution in [3.63, 3.8) is 0 Å². The van der Waals surface area contributed by atoms with Gasteiger partial charge >= 0.3 is 0 Å². The second-order valence-electron chi connectivity index (χ2n) is 6.45. The van der Waals surface area contributed by atoms with Crippen LogP contribution in [0, 0.1) is 0 Å². The zero-order chi connectivity index (χ0) is 17.5. The number of nitrogens with zero attached hydrogens (tertiary/aromatic N) is 4. The van der Waals surface area contributed by atoms with Crippen molar-refractivity contribution in [2.24, 2.45) is 10.8 Å². The maximum Gasteiger partial charge on any atom is 0.150 e. The fraction of sp³-hybridized carbons (Fsp3) is 0.200. The van der Waals surface area contributed by atoms with Crippen LogP contribution in [0.3, 0.4) is 0 Å². The Bertz CT molecular complexity index is 1150. The fourth-order valence-corrected chi connectivity index (χ4v) is 3.48. The molecule has 0 radical (unpaired) electrons. The summed E-state index contributed by atoms with van der Waals surface area (Å²) in [4.78, 5) is 4.71. The van der Waals surface area contributed by atoms with E-state index in [0.29, 0.717) is 19.0 Å². The van der Waals surface area contributed by atoms with Gasteiger partial charge in [-0.3, -0.25) is 9.41 Å². The van der Waals surface area contributed by atoms with Gasteiger partial charge in [0.1, 0.15) is 5.65 Å². The number of hydrazone groups is 1. The SMILES string of the molecule is Cl.N/C(=N/N1CCOCC1)c1ccc2ccc3nc4ccccc4n3c2c1. The molecule has 1 aliphatic heterocycles. The number of hydrogen-bond donors (Lipinski definition) is 1. The molecule has 0 unspecified atom stereocenters. The van der Waals surface area contributed by atoms with Crippen molar-refractivity contribution in [2.45, 2.75) is 0 Å². The number of nitrogens with two attached hydrogens (primary N) is 1. The van der Waals surface area contributed by atoms with Crippen LogP contribution in [0.25, 0.3) is 27.6 Å². The molecule has 5 rings (SSSR count). The topological polar surface area (TPSA) is 68.1 Å². The van der Waals surface area contributed by atoms with Crippen LogP contribution in [0.15, 0.2) is 59.7 Å². The average Bonchev–Trinajstić information content (AvgIpc) is 3.07. The van der Waals surface area contributed by atoms with Crippen LogP contribution in [-0.4, -0.2) is 46.5 Å². The molecule has 1 saturated heterocycles. The van der Waals surface area contributed by atoms with Crippen molar-refractivity contribution in [1.29, 1.82) is 0 Å². The third kappa shape index (κ3) is 3.07. The van der Waals surface area contributed by atoms with Gasteiger partial charge in [-0.15, -0.1) is 12.4 Å². The van der Waals surface area contributed by atoms with E-state index in [1.807, 2.05) is 35.3 Å². The molecule has 0 saturated carbocycles. The first-order valence-electron chi connectivity index (χ1n) is 8.77. The molecule has 1 aliphatic rings. The van der Waals surface area contributed by atoms with E-state index in [1.54, 1.807) is 0 Å². The lowest BCUT2D eigenvalue weighted by atomic mass is 10.1. The molecule has 3 heterocycles. The van der Waals surface area contributed by atoms with E-state index in [1.165, 1.54) is 0 Å². The van der Waals surface area contributed by atoms with Crippen molar-refractivity contribution >= 4 is 45.8 Å². The highest BCUT2D eigenvalue weighted by atomic mass is 35.5. The van der Waals surface area contributed by atoms with Gasteiger partial charge < -0.3 is 10.5 Å². The summed E-state index contributed by atoms with van der Waals surface area (Å²) in [5, 5.41) is 7.68. The number of para-hydroxylation sites is 2. The highest BCUT2D eigenvalue weighted by Crippen LogP contribution is 2.24. The van der Waals surface area contributed by atoms with Gasteiger partial charge in [0.15, 0.2) is 5.84 Å². The van der Waals surface area contributed by atoms with E-state index in [-0.39, 0.29) is 12.4 Å². The summed E-state index contributed by atoms with van der Waals surface area (Å²) < 4.78 is 7.54. The minimum atomic E-state index is 0. The lowest BCUT2D eigenvalue weighted by Gasteiger charge is -2.24. The molecule has 0 bridgehead atoms. The van der Waals surface area contributed by atoms with Crippen molar-refractivity contribution in [1.82, 2.24) is 14.4 Å². The predicted molar refractivity (Wildman–Crippen MR) is 111 cm³/mol. The Kier molecular flexibility index (Phi) is 4.59. The number of amidine groups is 1. The first kappa shape index (κ1) is 17.6. The lowest BCUT2D eigenvalue weighted by molar-refractivity contribution is 0.0393. The molecule has 2 aromatic carbocycles. The molecule has 0 atom stereocenters. The van der Waals surface area contributed by atoms with Crippen LogP contribution in [0.2, 0.25) is 0 Å². The van der Waals surface area contributed by atoms with E-state index in [2.05, 4.69) is 33.8 Å². The number of rotatable bonds is 2. The number of benzene rings is 2. The quantitative estimate of drug-likeness (QED) is 0.428. The molecule has 0 spiro atoms. The van der Waals surface area contributed by atoms with Crippen LogP contribution >= 0.6 is 12.4 Å². The zero-order valence-electron chi connectivity index (χ0n) is 14.7. The monoisotopic (exact) mass is 381 g/mol. The summed E-state index contributed by atoms with van der Waals surface area (Å²) in [5.74, 6) is 0.523. The first-order valence-corrected chi connectivity index (χ1v) is 8.77. The second-order valence-corrected chi connectivity index (χ2v) is 6.45. The molecule has 4 aromatic rings. The second kappa shape index (κ2) is 7.06. The van der Waals surface area contributed by atoms with E-state index in [4.69, 9.17) is 15.5 Å². The van der Waals surface area contributed by atoms with Crippen molar-refractivity contribution in [3.8, 4) is 0 Å². The molecule has 0 amide bonds. The van der Waals surface area contributed by atoms with Crippen LogP contribution in [0.5, 0.6) is 0 Å². The summed E-state index contributed by atoms with van der Waals surface area (Å²) in [6, 6.07) is 18.5. The molecule has 138 valence electrons. The summed E-state index contributed by atoms with van der Waals surface area (Å²) in [5.41, 5.74) is 11.3. The van der Waals surface area contributed by atoms with Crippen molar-refractivity contribution in [3.05, 3.63) is 60.2 Å². The zero-order valence-corrected chi connectivity index (χ0v) is 15.5. The van der Waals surface area contributed by atoms with Crippen LogP contribution in [-0.2, 0) is 4.74 Å². The Hall–Kier alpha value is -2.83. The van der Waals surface area contributed by atoms with Crippen LogP contribution in [0.4, 0.5) is 0 Å². The van der Waals surface area contributed by atoms with E-state index < -0.39 is 0 Å². The van der Waals surface area contributed by atoms with Gasteiger partial charge in [-0.1, -0.05) is 24.3 Å². The highest BCUT2D eigenvalue weighted by Gasteiger charge is 2.11. The lowest BCUT2D eigenvalue weighted by Crippen LogP contribution is -2.34. The van der Waals surface area contributed by atoms with Gasteiger partial charge in [0.25, 0.3) is 0 Å². The Morgan fingerprint density at radius 1 is 1.00 bits per heavy atom. The van der Waals surface area contributed by atoms with Gasteiger partial charge in [0, 0.05) is 5.56 Å². The number of halogens is 1. The van der Waals surface area contributed by atoms with Crippen molar-refractivity contribution in [2.75, 3.05) is 26.3 Å². The molecule has 2 N–H and O–H groups in total. The molecule has 1 fully saturated rings. The number of pyridine rings is 1. The highest BCUT2D eigenvalue weighted by molar-refractivity contribution is 6.01. The number of morpholine rings is 1. The summed E-state index contributed by atoms with van der Waals surface area (Å²) in [6.45, 7) is 2.92. The number of ether oxygens (including phenoxy) is 1. The summed E-state index contributed by atoms with van der Waals surface area (Å²) in [6.07, 6.45) is 0. The minimum absolute atomic E-state index is 0. The van der Waals surface area contributed by atoms with Crippen LogP contribution in [0.1, 0.15) is 5.56 Å². The van der Waals surface area contributed by atoms with Crippen LogP contribution < -0.4 is 5.73 Å². The predicted octanol–water partition coefficient (Wildman–Crippen LogP) is 3.02. The third-order valence-electron chi connectivity index (χ3n) is 4.80. The summed E-state index contributed by atoms with van der Waals surface area (Å²) in [7, 11) is 0. The molecular formula is C20H20ClN5O. The Morgan fingerprint density at radius 3 is 2.63 bits per heavy atom. The largest absolute Gasteiger partial charge is 0.382 e. The van der Waals surface area contributed by atoms with Crippen molar-refractivity contribution < 1.29 is 4.74 Å². The normalized spacial score (nSPS) is 15.4. The fourth-order valence-electron chi connectivity index (χ4n) is 3.48. The molecular weight excluding hydrogens is 362 g/mol. The first-order chi connectivity index (χ1) is 12.8. The Balaban J connectivity index is 0.00000180. The Labute approximate surface area is 162 Å². The summed E-state index contributed by atoms with van der Waals surface area (Å²) >= 11 is 0. The number of fused-ring (bicyclic) bond motifs is 5. The number of hydrogen-bond acceptors (Lipinski definition) is 4. The van der Waals surface area contributed by atoms with E-state index >= 15 is 0 Å². The van der Waals surface area contributed by atoms with E-state index in [0.717, 1.165) is 46.2 Å². The van der Waals surface area contributed by atoms with Gasteiger partial charge in [-0.2, -0.15) is 5.10 Å². The number of aromatic nitrogens is 2. The minimum Gasteiger partial charge on any atom is -0.382 e. The standard InChI is InChI=1S/C20H19N5O.ClH/c21-20(23-24-9-11-26-12-10-24)15-6-5-14-7-8-19-22-16-3-1-2-4-17(16)25(19)18(14)13-15;/h1-8,13H,9-12H2,(H2,21,23);1H. The van der Waals surface area contributed by atoms with Gasteiger partial charge in [-0.05, 0) is 35.7 Å². The van der Waals surface area contributed by atoms with Gasteiger partial charge in [0.2, 0.25) is 0 Å². The maximum atomic E-state index is 6.29. The smallest absolute Gasteiger partial charge is 0.150 e. The average molecular weight is 382 g/mol.